The lowest BCUT2D eigenvalue weighted by Crippen LogP contribution is -2.35. The van der Waals surface area contributed by atoms with Gasteiger partial charge in [-0.25, -0.2) is 0 Å². The Hall–Kier alpha value is -0.715. The standard InChI is InChI=1S/C11H15B/c1-2-12-9-5-7-10-6-3-4-8-11(10)12/h3-4,6,8H,2,5,7,9H2,1H3. The molecule has 0 N–H and O–H groups in total. The van der Waals surface area contributed by atoms with Crippen molar-refractivity contribution in [3.63, 3.8) is 0 Å². The van der Waals surface area contributed by atoms with Gasteiger partial charge in [-0.1, -0.05) is 61.3 Å². The van der Waals surface area contributed by atoms with E-state index in [0.717, 1.165) is 6.71 Å². The number of rotatable bonds is 1. The van der Waals surface area contributed by atoms with Gasteiger partial charge in [0.25, 0.3) is 0 Å². The summed E-state index contributed by atoms with van der Waals surface area (Å²) < 4.78 is 0. The molecule has 0 fully saturated rings. The van der Waals surface area contributed by atoms with Crippen molar-refractivity contribution in [2.75, 3.05) is 0 Å². The van der Waals surface area contributed by atoms with E-state index >= 15 is 0 Å². The highest BCUT2D eigenvalue weighted by atomic mass is 14.1. The van der Waals surface area contributed by atoms with E-state index in [1.165, 1.54) is 25.5 Å². The van der Waals surface area contributed by atoms with Crippen molar-refractivity contribution in [2.45, 2.75) is 32.4 Å². The van der Waals surface area contributed by atoms with Crippen LogP contribution in [0.25, 0.3) is 0 Å². The summed E-state index contributed by atoms with van der Waals surface area (Å²) in [6.45, 7) is 3.14. The topological polar surface area (TPSA) is 0 Å². The Labute approximate surface area is 75.1 Å². The maximum atomic E-state index is 2.31. The fourth-order valence-electron chi connectivity index (χ4n) is 2.28. The Morgan fingerprint density at radius 1 is 1.33 bits per heavy atom. The van der Waals surface area contributed by atoms with E-state index in [1.807, 2.05) is 0 Å². The Kier molecular flexibility index (Phi) is 2.20. The average Bonchev–Trinajstić information content (AvgIpc) is 2.17. The first-order chi connectivity index (χ1) is 5.92. The molecule has 1 aliphatic heterocycles. The Morgan fingerprint density at radius 3 is 3.00 bits per heavy atom. The van der Waals surface area contributed by atoms with Crippen LogP contribution in [0.2, 0.25) is 12.6 Å². The van der Waals surface area contributed by atoms with Crippen molar-refractivity contribution in [2.24, 2.45) is 0 Å². The van der Waals surface area contributed by atoms with Gasteiger partial charge in [0.1, 0.15) is 0 Å². The van der Waals surface area contributed by atoms with E-state index in [9.17, 15) is 0 Å². The predicted molar refractivity (Wildman–Crippen MR) is 55.4 cm³/mol. The monoisotopic (exact) mass is 158 g/mol. The Balaban J connectivity index is 2.37. The van der Waals surface area contributed by atoms with Gasteiger partial charge in [0, 0.05) is 0 Å². The normalized spacial score (nSPS) is 15.9. The smallest absolute Gasteiger partial charge is 0.0769 e. The third-order valence-corrected chi connectivity index (χ3v) is 2.99. The summed E-state index contributed by atoms with van der Waals surface area (Å²) in [5, 5.41) is 0. The molecule has 0 amide bonds. The van der Waals surface area contributed by atoms with Crippen molar-refractivity contribution in [3.8, 4) is 0 Å². The minimum atomic E-state index is 0.843. The average molecular weight is 158 g/mol. The summed E-state index contributed by atoms with van der Waals surface area (Å²) in [6.07, 6.45) is 5.38. The molecule has 0 saturated carbocycles. The van der Waals surface area contributed by atoms with Crippen molar-refractivity contribution in [1.29, 1.82) is 0 Å². The van der Waals surface area contributed by atoms with Gasteiger partial charge in [0.2, 0.25) is 0 Å². The molecule has 2 rings (SSSR count). The fraction of sp³-hybridized carbons (Fsp3) is 0.455. The molecule has 62 valence electrons. The van der Waals surface area contributed by atoms with Crippen LogP contribution in [0.3, 0.4) is 0 Å². The van der Waals surface area contributed by atoms with Gasteiger partial charge >= 0.3 is 0 Å². The van der Waals surface area contributed by atoms with E-state index in [2.05, 4.69) is 31.2 Å². The van der Waals surface area contributed by atoms with E-state index in [4.69, 9.17) is 0 Å². The van der Waals surface area contributed by atoms with Crippen LogP contribution in [-0.2, 0) is 6.42 Å². The van der Waals surface area contributed by atoms with Gasteiger partial charge in [0.05, 0.1) is 0 Å². The summed E-state index contributed by atoms with van der Waals surface area (Å²) in [4.78, 5) is 0. The molecular weight excluding hydrogens is 143 g/mol. The summed E-state index contributed by atoms with van der Waals surface area (Å²) in [5.41, 5.74) is 3.21. The van der Waals surface area contributed by atoms with Gasteiger partial charge in [0.15, 0.2) is 6.71 Å². The van der Waals surface area contributed by atoms with Gasteiger partial charge in [-0.3, -0.25) is 0 Å². The lowest BCUT2D eigenvalue weighted by molar-refractivity contribution is 0.894. The third kappa shape index (κ3) is 1.28. The molecule has 1 aromatic rings. The maximum Gasteiger partial charge on any atom is 0.175 e. The first-order valence-electron chi connectivity index (χ1n) is 4.99. The van der Waals surface area contributed by atoms with Crippen molar-refractivity contribution < 1.29 is 0 Å². The van der Waals surface area contributed by atoms with E-state index in [1.54, 1.807) is 11.0 Å². The molecule has 1 heterocycles. The molecule has 12 heavy (non-hydrogen) atoms. The first kappa shape index (κ1) is 7.91. The summed E-state index contributed by atoms with van der Waals surface area (Å²) in [7, 11) is 0. The van der Waals surface area contributed by atoms with Crippen LogP contribution in [-0.4, -0.2) is 6.71 Å². The minimum absolute atomic E-state index is 0.843. The third-order valence-electron chi connectivity index (χ3n) is 2.99. The van der Waals surface area contributed by atoms with E-state index < -0.39 is 0 Å². The molecule has 0 aromatic heterocycles. The largest absolute Gasteiger partial charge is 0.175 e. The number of aryl methyl sites for hydroxylation is 1. The molecule has 0 spiro atoms. The molecule has 0 radical (unpaired) electrons. The zero-order valence-corrected chi connectivity index (χ0v) is 7.72. The predicted octanol–water partition coefficient (Wildman–Crippen LogP) is 2.35. The molecular formula is C11H15B. The van der Waals surface area contributed by atoms with Crippen molar-refractivity contribution in [3.05, 3.63) is 29.8 Å². The molecule has 0 atom stereocenters. The van der Waals surface area contributed by atoms with E-state index in [0.29, 0.717) is 0 Å². The van der Waals surface area contributed by atoms with Gasteiger partial charge in [-0.2, -0.15) is 0 Å². The second-order valence-electron chi connectivity index (χ2n) is 3.70. The SMILES string of the molecule is CCB1CCCc2ccccc21. The van der Waals surface area contributed by atoms with Gasteiger partial charge in [-0.05, 0) is 6.42 Å². The van der Waals surface area contributed by atoms with Gasteiger partial charge in [-0.15, -0.1) is 0 Å². The number of benzene rings is 1. The van der Waals surface area contributed by atoms with Crippen LogP contribution in [0, 0.1) is 0 Å². The minimum Gasteiger partial charge on any atom is -0.0769 e. The molecule has 0 unspecified atom stereocenters. The maximum absolute atomic E-state index is 2.31. The van der Waals surface area contributed by atoms with Crippen molar-refractivity contribution >= 4 is 12.2 Å². The second kappa shape index (κ2) is 3.34. The summed E-state index contributed by atoms with van der Waals surface area (Å²) in [5.74, 6) is 0. The first-order valence-corrected chi connectivity index (χ1v) is 4.99. The highest BCUT2D eigenvalue weighted by molar-refractivity contribution is 6.73. The zero-order chi connectivity index (χ0) is 8.39. The lowest BCUT2D eigenvalue weighted by atomic mass is 9.38. The Morgan fingerprint density at radius 2 is 2.17 bits per heavy atom. The lowest BCUT2D eigenvalue weighted by Gasteiger charge is -2.21. The molecule has 1 aromatic carbocycles. The molecule has 0 aliphatic carbocycles. The summed E-state index contributed by atoms with van der Waals surface area (Å²) >= 11 is 0. The van der Waals surface area contributed by atoms with Crippen molar-refractivity contribution in [1.82, 2.24) is 0 Å². The molecule has 0 bridgehead atoms. The quantitative estimate of drug-likeness (QED) is 0.550. The van der Waals surface area contributed by atoms with Crippen LogP contribution in [0.1, 0.15) is 18.9 Å². The number of hydrogen-bond acceptors (Lipinski definition) is 0. The van der Waals surface area contributed by atoms with Crippen LogP contribution in [0.15, 0.2) is 24.3 Å². The van der Waals surface area contributed by atoms with Crippen LogP contribution >= 0.6 is 0 Å². The molecule has 0 saturated heterocycles. The van der Waals surface area contributed by atoms with E-state index in [-0.39, 0.29) is 0 Å². The molecule has 1 aliphatic rings. The van der Waals surface area contributed by atoms with Crippen LogP contribution in [0.5, 0.6) is 0 Å². The molecule has 1 heteroatoms. The number of hydrogen-bond donors (Lipinski definition) is 0. The highest BCUT2D eigenvalue weighted by Gasteiger charge is 2.20. The number of fused-ring (bicyclic) bond motifs is 1. The summed E-state index contributed by atoms with van der Waals surface area (Å²) in [6, 6.07) is 8.93. The van der Waals surface area contributed by atoms with Crippen LogP contribution in [0.4, 0.5) is 0 Å². The zero-order valence-electron chi connectivity index (χ0n) is 7.72. The van der Waals surface area contributed by atoms with Crippen LogP contribution < -0.4 is 5.46 Å². The highest BCUT2D eigenvalue weighted by Crippen LogP contribution is 2.15. The Bertz CT molecular complexity index is 267. The fourth-order valence-corrected chi connectivity index (χ4v) is 2.28. The second-order valence-corrected chi connectivity index (χ2v) is 3.70. The van der Waals surface area contributed by atoms with Gasteiger partial charge < -0.3 is 0 Å². The molecule has 0 nitrogen and oxygen atoms in total.